The van der Waals surface area contributed by atoms with Crippen LogP contribution in [0.4, 0.5) is 0 Å². The molecule has 2 aliphatic heterocycles. The molecule has 0 aromatic carbocycles. The minimum absolute atomic E-state index is 0.0539. The second-order valence-electron chi connectivity index (χ2n) is 8.45. The number of amides is 2. The van der Waals surface area contributed by atoms with E-state index in [4.69, 9.17) is 0 Å². The number of likely N-dealkylation sites (tertiary alicyclic amines) is 1. The average Bonchev–Trinajstić information content (AvgIpc) is 2.75. The van der Waals surface area contributed by atoms with E-state index in [1.165, 1.54) is 14.1 Å². The Kier molecular flexibility index (Phi) is 9.66. The maximum Gasteiger partial charge on any atom is 0.323 e. The van der Waals surface area contributed by atoms with E-state index in [1.807, 2.05) is 4.72 Å². The number of hydrogen-bond acceptors (Lipinski definition) is 6. The molecular weight excluding hydrogens is 426 g/mol. The second-order valence-corrected chi connectivity index (χ2v) is 10.4. The molecular formula is C19H35N5O6S. The number of carbonyl (C=O) groups excluding carboxylic acids is 2. The van der Waals surface area contributed by atoms with Crippen LogP contribution < -0.4 is 15.4 Å². The SMILES string of the molecule is CN(C)S(=O)(=O)N[C@H](CNC(=O)[C@@H]1CCCN(C(=O)CCC2CCNCC2)C1)C(=O)O. The fourth-order valence-corrected chi connectivity index (χ4v) is 4.64. The van der Waals surface area contributed by atoms with Crippen LogP contribution in [0.3, 0.4) is 0 Å². The maximum atomic E-state index is 12.6. The summed E-state index contributed by atoms with van der Waals surface area (Å²) in [7, 11) is -1.40. The topological polar surface area (TPSA) is 148 Å². The Labute approximate surface area is 184 Å². The lowest BCUT2D eigenvalue weighted by Gasteiger charge is -2.33. The minimum atomic E-state index is -3.96. The minimum Gasteiger partial charge on any atom is -0.480 e. The lowest BCUT2D eigenvalue weighted by Crippen LogP contribution is -2.53. The second kappa shape index (κ2) is 11.7. The Balaban J connectivity index is 1.82. The van der Waals surface area contributed by atoms with Crippen LogP contribution in [-0.2, 0) is 24.6 Å². The van der Waals surface area contributed by atoms with Gasteiger partial charge in [0, 0.05) is 40.2 Å². The van der Waals surface area contributed by atoms with Crippen LogP contribution >= 0.6 is 0 Å². The van der Waals surface area contributed by atoms with Crippen molar-refractivity contribution in [3.63, 3.8) is 0 Å². The first-order valence-electron chi connectivity index (χ1n) is 10.8. The summed E-state index contributed by atoms with van der Waals surface area (Å²) >= 11 is 0. The van der Waals surface area contributed by atoms with Crippen LogP contribution in [0.5, 0.6) is 0 Å². The Morgan fingerprint density at radius 2 is 1.87 bits per heavy atom. The summed E-state index contributed by atoms with van der Waals surface area (Å²) in [5.41, 5.74) is 0. The molecule has 12 heteroatoms. The summed E-state index contributed by atoms with van der Waals surface area (Å²) in [6.07, 6.45) is 4.81. The number of nitrogens with one attached hydrogen (secondary N) is 3. The third-order valence-corrected chi connectivity index (χ3v) is 7.46. The third-order valence-electron chi connectivity index (χ3n) is 5.92. The molecule has 2 rings (SSSR count). The van der Waals surface area contributed by atoms with E-state index < -0.39 is 28.1 Å². The van der Waals surface area contributed by atoms with Gasteiger partial charge in [-0.05, 0) is 51.1 Å². The van der Waals surface area contributed by atoms with Gasteiger partial charge in [-0.25, -0.2) is 0 Å². The van der Waals surface area contributed by atoms with Crippen molar-refractivity contribution in [2.24, 2.45) is 11.8 Å². The summed E-state index contributed by atoms with van der Waals surface area (Å²) in [5.74, 6) is -1.57. The summed E-state index contributed by atoms with van der Waals surface area (Å²) in [6.45, 7) is 2.54. The standard InChI is InChI=1S/C19H35N5O6S/c1-23(2)31(29,30)22-16(19(27)28)12-21-18(26)15-4-3-11-24(13-15)17(25)6-5-14-7-9-20-10-8-14/h14-16,20,22H,3-13H2,1-2H3,(H,21,26)(H,27,28)/t15-,16-/m1/s1. The van der Waals surface area contributed by atoms with E-state index in [1.54, 1.807) is 4.90 Å². The van der Waals surface area contributed by atoms with Gasteiger partial charge < -0.3 is 20.6 Å². The molecule has 0 aromatic heterocycles. The van der Waals surface area contributed by atoms with E-state index in [-0.39, 0.29) is 18.4 Å². The first kappa shape index (κ1) is 25.5. The number of rotatable bonds is 10. The molecule has 2 heterocycles. The molecule has 0 aromatic rings. The van der Waals surface area contributed by atoms with E-state index in [0.717, 1.165) is 36.7 Å². The van der Waals surface area contributed by atoms with Gasteiger partial charge in [-0.15, -0.1) is 0 Å². The van der Waals surface area contributed by atoms with E-state index in [2.05, 4.69) is 10.6 Å². The monoisotopic (exact) mass is 461 g/mol. The van der Waals surface area contributed by atoms with Crippen molar-refractivity contribution >= 4 is 28.0 Å². The molecule has 11 nitrogen and oxygen atoms in total. The number of nitrogens with zero attached hydrogens (tertiary/aromatic N) is 2. The highest BCUT2D eigenvalue weighted by atomic mass is 32.2. The molecule has 0 saturated carbocycles. The molecule has 2 fully saturated rings. The third kappa shape index (κ3) is 8.02. The molecule has 2 saturated heterocycles. The van der Waals surface area contributed by atoms with Crippen LogP contribution in [0.1, 0.15) is 38.5 Å². The van der Waals surface area contributed by atoms with Crippen molar-refractivity contribution in [3.8, 4) is 0 Å². The molecule has 4 N–H and O–H groups in total. The van der Waals surface area contributed by atoms with Gasteiger partial charge in [-0.3, -0.25) is 14.4 Å². The zero-order valence-corrected chi connectivity index (χ0v) is 19.1. The molecule has 0 bridgehead atoms. The van der Waals surface area contributed by atoms with Crippen molar-refractivity contribution in [1.82, 2.24) is 24.6 Å². The van der Waals surface area contributed by atoms with Crippen LogP contribution in [0, 0.1) is 11.8 Å². The highest BCUT2D eigenvalue weighted by Crippen LogP contribution is 2.21. The van der Waals surface area contributed by atoms with Crippen molar-refractivity contribution in [3.05, 3.63) is 0 Å². The molecule has 0 unspecified atom stereocenters. The molecule has 0 aliphatic carbocycles. The largest absolute Gasteiger partial charge is 0.480 e. The van der Waals surface area contributed by atoms with Gasteiger partial charge in [-0.2, -0.15) is 17.4 Å². The number of piperidine rings is 2. The van der Waals surface area contributed by atoms with Gasteiger partial charge in [0.05, 0.1) is 5.92 Å². The zero-order chi connectivity index (χ0) is 23.0. The van der Waals surface area contributed by atoms with Gasteiger partial charge in [0.1, 0.15) is 6.04 Å². The zero-order valence-electron chi connectivity index (χ0n) is 18.3. The van der Waals surface area contributed by atoms with Crippen LogP contribution in [0.2, 0.25) is 0 Å². The van der Waals surface area contributed by atoms with E-state index in [9.17, 15) is 27.9 Å². The quantitative estimate of drug-likeness (QED) is 0.325. The number of hydrogen-bond donors (Lipinski definition) is 4. The highest BCUT2D eigenvalue weighted by Gasteiger charge is 2.31. The Morgan fingerprint density at radius 3 is 2.48 bits per heavy atom. The number of aliphatic carboxylic acids is 1. The van der Waals surface area contributed by atoms with Crippen molar-refractivity contribution in [2.75, 3.05) is 46.8 Å². The fourth-order valence-electron chi connectivity index (χ4n) is 3.89. The molecule has 178 valence electrons. The lowest BCUT2D eigenvalue weighted by atomic mass is 9.92. The molecule has 0 spiro atoms. The maximum absolute atomic E-state index is 12.6. The Hall–Kier alpha value is -1.76. The number of carboxylic acid groups (broad SMARTS) is 1. The highest BCUT2D eigenvalue weighted by molar-refractivity contribution is 7.87. The van der Waals surface area contributed by atoms with Crippen LogP contribution in [0.25, 0.3) is 0 Å². The molecule has 2 aliphatic rings. The van der Waals surface area contributed by atoms with Gasteiger partial charge >= 0.3 is 5.97 Å². The van der Waals surface area contributed by atoms with Crippen LogP contribution in [0.15, 0.2) is 0 Å². The summed E-state index contributed by atoms with van der Waals surface area (Å²) < 4.78 is 26.7. The van der Waals surface area contributed by atoms with E-state index >= 15 is 0 Å². The van der Waals surface area contributed by atoms with Crippen LogP contribution in [-0.4, -0.2) is 93.4 Å². The summed E-state index contributed by atoms with van der Waals surface area (Å²) in [6, 6.07) is -1.48. The normalized spacial score (nSPS) is 21.6. The predicted octanol–water partition coefficient (Wildman–Crippen LogP) is -1.03. The van der Waals surface area contributed by atoms with Gasteiger partial charge in [0.2, 0.25) is 11.8 Å². The smallest absolute Gasteiger partial charge is 0.323 e. The summed E-state index contributed by atoms with van der Waals surface area (Å²) in [4.78, 5) is 38.3. The first-order chi connectivity index (χ1) is 14.6. The molecule has 2 amide bonds. The average molecular weight is 462 g/mol. The number of carboxylic acids is 1. The van der Waals surface area contributed by atoms with Gasteiger partial charge in [0.15, 0.2) is 0 Å². The molecule has 0 radical (unpaired) electrons. The summed E-state index contributed by atoms with van der Waals surface area (Å²) in [5, 5.41) is 15.1. The van der Waals surface area contributed by atoms with E-state index in [0.29, 0.717) is 38.3 Å². The fraction of sp³-hybridized carbons (Fsp3) is 0.842. The number of carbonyl (C=O) groups is 3. The molecule has 2 atom stereocenters. The van der Waals surface area contributed by atoms with Crippen molar-refractivity contribution < 1.29 is 27.9 Å². The van der Waals surface area contributed by atoms with Gasteiger partial charge in [0.25, 0.3) is 10.2 Å². The Morgan fingerprint density at radius 1 is 1.19 bits per heavy atom. The van der Waals surface area contributed by atoms with Crippen molar-refractivity contribution in [2.45, 2.75) is 44.6 Å². The molecule has 31 heavy (non-hydrogen) atoms. The van der Waals surface area contributed by atoms with Crippen molar-refractivity contribution in [1.29, 1.82) is 0 Å². The predicted molar refractivity (Wildman–Crippen MR) is 114 cm³/mol. The lowest BCUT2D eigenvalue weighted by molar-refractivity contribution is -0.139. The van der Waals surface area contributed by atoms with Gasteiger partial charge in [-0.1, -0.05) is 0 Å². The first-order valence-corrected chi connectivity index (χ1v) is 12.2. The Bertz CT molecular complexity index is 738.